The maximum atomic E-state index is 8.96. The van der Waals surface area contributed by atoms with Crippen molar-refractivity contribution in [2.75, 3.05) is 11.4 Å². The molecule has 0 N–H and O–H groups in total. The molecule has 1 heterocycles. The lowest BCUT2D eigenvalue weighted by Gasteiger charge is -2.23. The van der Waals surface area contributed by atoms with Crippen LogP contribution in [0.5, 0.6) is 0 Å². The van der Waals surface area contributed by atoms with Crippen LogP contribution in [0.1, 0.15) is 25.0 Å². The fraction of sp³-hybridized carbons (Fsp3) is 0.417. The molecule has 2 nitrogen and oxygen atoms in total. The van der Waals surface area contributed by atoms with E-state index >= 15 is 0 Å². The van der Waals surface area contributed by atoms with Crippen LogP contribution >= 0.6 is 0 Å². The van der Waals surface area contributed by atoms with Crippen molar-refractivity contribution in [1.29, 1.82) is 5.26 Å². The number of benzene rings is 1. The van der Waals surface area contributed by atoms with Crippen LogP contribution in [0.25, 0.3) is 0 Å². The third-order valence-electron chi connectivity index (χ3n) is 2.81. The van der Waals surface area contributed by atoms with Crippen molar-refractivity contribution in [3.05, 3.63) is 29.3 Å². The molecule has 0 atom stereocenters. The van der Waals surface area contributed by atoms with E-state index in [9.17, 15) is 0 Å². The summed E-state index contributed by atoms with van der Waals surface area (Å²) in [4.78, 5) is 2.36. The third kappa shape index (κ3) is 1.26. The fourth-order valence-electron chi connectivity index (χ4n) is 2.10. The van der Waals surface area contributed by atoms with E-state index in [1.807, 2.05) is 12.1 Å². The second-order valence-electron chi connectivity index (χ2n) is 3.95. The quantitative estimate of drug-likeness (QED) is 0.673. The fourth-order valence-corrected chi connectivity index (χ4v) is 2.10. The molecule has 14 heavy (non-hydrogen) atoms. The average molecular weight is 186 g/mol. The topological polar surface area (TPSA) is 27.0 Å². The molecule has 0 amide bonds. The van der Waals surface area contributed by atoms with Crippen molar-refractivity contribution in [3.8, 4) is 6.07 Å². The number of fused-ring (bicyclic) bond motifs is 1. The van der Waals surface area contributed by atoms with Crippen LogP contribution in [-0.2, 0) is 6.42 Å². The lowest BCUT2D eigenvalue weighted by atomic mass is 10.1. The number of rotatable bonds is 1. The summed E-state index contributed by atoms with van der Waals surface area (Å²) in [5.41, 5.74) is 3.31. The van der Waals surface area contributed by atoms with E-state index in [-0.39, 0.29) is 0 Å². The highest BCUT2D eigenvalue weighted by Gasteiger charge is 2.22. The van der Waals surface area contributed by atoms with Crippen LogP contribution in [0.3, 0.4) is 0 Å². The number of anilines is 1. The molecule has 72 valence electrons. The molecular formula is C12H14N2. The number of nitrogens with zero attached hydrogens (tertiary/aromatic N) is 2. The van der Waals surface area contributed by atoms with Crippen LogP contribution in [0.2, 0.25) is 0 Å². The van der Waals surface area contributed by atoms with Crippen molar-refractivity contribution in [3.63, 3.8) is 0 Å². The molecule has 0 saturated heterocycles. The molecule has 1 aromatic carbocycles. The Hall–Kier alpha value is -1.49. The van der Waals surface area contributed by atoms with E-state index in [2.05, 4.69) is 30.9 Å². The Morgan fingerprint density at radius 3 is 2.86 bits per heavy atom. The first kappa shape index (κ1) is 9.08. The smallest absolute Gasteiger partial charge is 0.0995 e. The molecule has 0 unspecified atom stereocenters. The lowest BCUT2D eigenvalue weighted by Crippen LogP contribution is -2.28. The van der Waals surface area contributed by atoms with Crippen molar-refractivity contribution in [1.82, 2.24) is 0 Å². The molecule has 0 saturated carbocycles. The molecule has 0 spiro atoms. The van der Waals surface area contributed by atoms with E-state index in [0.717, 1.165) is 18.5 Å². The predicted octanol–water partition coefficient (Wildman–Crippen LogP) is 2.33. The van der Waals surface area contributed by atoms with Crippen molar-refractivity contribution in [2.45, 2.75) is 26.3 Å². The second kappa shape index (κ2) is 3.34. The van der Waals surface area contributed by atoms with Gasteiger partial charge >= 0.3 is 0 Å². The van der Waals surface area contributed by atoms with Gasteiger partial charge < -0.3 is 4.90 Å². The number of hydrogen-bond donors (Lipinski definition) is 0. The van der Waals surface area contributed by atoms with Gasteiger partial charge in [0.15, 0.2) is 0 Å². The minimum Gasteiger partial charge on any atom is -0.369 e. The zero-order valence-corrected chi connectivity index (χ0v) is 8.62. The zero-order chi connectivity index (χ0) is 10.1. The summed E-state index contributed by atoms with van der Waals surface area (Å²) in [6.07, 6.45) is 1.01. The van der Waals surface area contributed by atoms with E-state index in [4.69, 9.17) is 5.26 Å². The maximum Gasteiger partial charge on any atom is 0.0995 e. The molecule has 2 rings (SSSR count). The number of hydrogen-bond acceptors (Lipinski definition) is 2. The molecule has 1 aliphatic rings. The SMILES string of the molecule is CC(C)N1CCc2c(C#N)cccc21. The van der Waals surface area contributed by atoms with E-state index < -0.39 is 0 Å². The number of nitriles is 1. The lowest BCUT2D eigenvalue weighted by molar-refractivity contribution is 0.710. The molecule has 1 aliphatic heterocycles. The molecule has 0 aromatic heterocycles. The molecule has 0 fully saturated rings. The van der Waals surface area contributed by atoms with Gasteiger partial charge in [0.2, 0.25) is 0 Å². The summed E-state index contributed by atoms with van der Waals surface area (Å²) in [6, 6.07) is 8.77. The Balaban J connectivity index is 2.48. The predicted molar refractivity (Wildman–Crippen MR) is 57.3 cm³/mol. The van der Waals surface area contributed by atoms with Gasteiger partial charge in [-0.1, -0.05) is 6.07 Å². The Morgan fingerprint density at radius 2 is 2.21 bits per heavy atom. The Kier molecular flexibility index (Phi) is 2.17. The summed E-state index contributed by atoms with van der Waals surface area (Å²) < 4.78 is 0. The second-order valence-corrected chi connectivity index (χ2v) is 3.95. The minimum absolute atomic E-state index is 0.519. The maximum absolute atomic E-state index is 8.96. The first-order chi connectivity index (χ1) is 6.74. The summed E-state index contributed by atoms with van der Waals surface area (Å²) in [5, 5.41) is 8.96. The van der Waals surface area contributed by atoms with Gasteiger partial charge in [-0.15, -0.1) is 0 Å². The van der Waals surface area contributed by atoms with Gasteiger partial charge in [-0.2, -0.15) is 5.26 Å². The average Bonchev–Trinajstić information content (AvgIpc) is 2.60. The van der Waals surface area contributed by atoms with Gasteiger partial charge in [0.25, 0.3) is 0 Å². The summed E-state index contributed by atoms with van der Waals surface area (Å²) in [6.45, 7) is 5.42. The van der Waals surface area contributed by atoms with Gasteiger partial charge in [0.05, 0.1) is 11.6 Å². The Morgan fingerprint density at radius 1 is 1.43 bits per heavy atom. The zero-order valence-electron chi connectivity index (χ0n) is 8.62. The monoisotopic (exact) mass is 186 g/mol. The van der Waals surface area contributed by atoms with Crippen molar-refractivity contribution >= 4 is 5.69 Å². The third-order valence-corrected chi connectivity index (χ3v) is 2.81. The van der Waals surface area contributed by atoms with Crippen molar-refractivity contribution < 1.29 is 0 Å². The Bertz CT molecular complexity index is 388. The van der Waals surface area contributed by atoms with Gasteiger partial charge in [-0.05, 0) is 38.0 Å². The Labute approximate surface area is 84.8 Å². The molecule has 1 aromatic rings. The first-order valence-electron chi connectivity index (χ1n) is 5.02. The van der Waals surface area contributed by atoms with E-state index in [1.165, 1.54) is 11.3 Å². The summed E-state index contributed by atoms with van der Waals surface area (Å²) in [7, 11) is 0. The van der Waals surface area contributed by atoms with Gasteiger partial charge in [-0.3, -0.25) is 0 Å². The van der Waals surface area contributed by atoms with E-state index in [0.29, 0.717) is 6.04 Å². The van der Waals surface area contributed by atoms with Crippen LogP contribution in [0.15, 0.2) is 18.2 Å². The van der Waals surface area contributed by atoms with Crippen LogP contribution < -0.4 is 4.90 Å². The standard InChI is InChI=1S/C12H14N2/c1-9(2)14-7-6-11-10(8-13)4-3-5-12(11)14/h3-5,9H,6-7H2,1-2H3. The largest absolute Gasteiger partial charge is 0.369 e. The first-order valence-corrected chi connectivity index (χ1v) is 5.02. The van der Waals surface area contributed by atoms with Crippen LogP contribution in [0, 0.1) is 11.3 Å². The van der Waals surface area contributed by atoms with E-state index in [1.54, 1.807) is 0 Å². The highest BCUT2D eigenvalue weighted by molar-refractivity contribution is 5.63. The molecule has 0 bridgehead atoms. The molecule has 2 heteroatoms. The summed E-state index contributed by atoms with van der Waals surface area (Å²) in [5.74, 6) is 0. The minimum atomic E-state index is 0.519. The van der Waals surface area contributed by atoms with Gasteiger partial charge in [0.1, 0.15) is 0 Å². The molecule has 0 radical (unpaired) electrons. The highest BCUT2D eigenvalue weighted by atomic mass is 15.2. The van der Waals surface area contributed by atoms with Crippen LogP contribution in [-0.4, -0.2) is 12.6 Å². The molecule has 0 aliphatic carbocycles. The van der Waals surface area contributed by atoms with Crippen LogP contribution in [0.4, 0.5) is 5.69 Å². The normalized spacial score (nSPS) is 14.3. The van der Waals surface area contributed by atoms with Gasteiger partial charge in [-0.25, -0.2) is 0 Å². The highest BCUT2D eigenvalue weighted by Crippen LogP contribution is 2.31. The van der Waals surface area contributed by atoms with Gasteiger partial charge in [0, 0.05) is 18.3 Å². The van der Waals surface area contributed by atoms with Crippen molar-refractivity contribution in [2.24, 2.45) is 0 Å². The summed E-state index contributed by atoms with van der Waals surface area (Å²) >= 11 is 0. The molecular weight excluding hydrogens is 172 g/mol.